The first-order valence-electron chi connectivity index (χ1n) is 4.87. The number of aromatic nitrogens is 2. The number of ether oxygens (including phenoxy) is 1. The number of carboxylic acids is 1. The van der Waals surface area contributed by atoms with Crippen LogP contribution >= 0.6 is 0 Å². The molecule has 1 aromatic rings. The molecule has 1 atom stereocenters. The molecule has 0 unspecified atom stereocenters. The smallest absolute Gasteiger partial charge is 0.354 e. The highest BCUT2D eigenvalue weighted by molar-refractivity contribution is 5.85. The van der Waals surface area contributed by atoms with E-state index in [0.717, 1.165) is 19.4 Å². The maximum Gasteiger partial charge on any atom is 0.354 e. The van der Waals surface area contributed by atoms with Gasteiger partial charge in [-0.3, -0.25) is 0 Å². The van der Waals surface area contributed by atoms with E-state index < -0.39 is 5.97 Å². The molecule has 1 fully saturated rings. The molecule has 1 aliphatic rings. The fraction of sp³-hybridized carbons (Fsp3) is 0.500. The molecule has 1 saturated heterocycles. The average Bonchev–Trinajstić information content (AvgIpc) is 2.69. The number of aryl methyl sites for hydroxylation is 1. The fourth-order valence-corrected chi connectivity index (χ4v) is 1.68. The zero-order chi connectivity index (χ0) is 10.8. The van der Waals surface area contributed by atoms with Gasteiger partial charge in [-0.05, 0) is 25.8 Å². The molecule has 80 valence electrons. The summed E-state index contributed by atoms with van der Waals surface area (Å²) in [6.45, 7) is 2.40. The van der Waals surface area contributed by atoms with Crippen LogP contribution in [0.3, 0.4) is 0 Å². The van der Waals surface area contributed by atoms with Crippen molar-refractivity contribution in [3.8, 4) is 0 Å². The van der Waals surface area contributed by atoms with Crippen LogP contribution in [-0.4, -0.2) is 27.7 Å². The van der Waals surface area contributed by atoms with Crippen LogP contribution in [0.2, 0.25) is 0 Å². The number of hydrogen-bond donors (Lipinski definition) is 1. The highest BCUT2D eigenvalue weighted by Gasteiger charge is 2.21. The number of carbonyl (C=O) groups is 1. The Bertz CT molecular complexity index is 386. The van der Waals surface area contributed by atoms with Crippen LogP contribution in [0.5, 0.6) is 0 Å². The SMILES string of the molecule is Cc1nc(C(=O)O)cc([C@H]2CCCO2)n1. The Balaban J connectivity index is 2.34. The van der Waals surface area contributed by atoms with Gasteiger partial charge >= 0.3 is 5.97 Å². The zero-order valence-corrected chi connectivity index (χ0v) is 8.43. The summed E-state index contributed by atoms with van der Waals surface area (Å²) in [4.78, 5) is 18.8. The van der Waals surface area contributed by atoms with Crippen molar-refractivity contribution in [3.05, 3.63) is 23.3 Å². The monoisotopic (exact) mass is 208 g/mol. The topological polar surface area (TPSA) is 72.3 Å². The maximum atomic E-state index is 10.8. The first-order chi connectivity index (χ1) is 7.16. The molecule has 2 heterocycles. The summed E-state index contributed by atoms with van der Waals surface area (Å²) in [5, 5.41) is 8.85. The van der Waals surface area contributed by atoms with Gasteiger partial charge in [0.25, 0.3) is 0 Å². The van der Waals surface area contributed by atoms with Crippen molar-refractivity contribution in [2.75, 3.05) is 6.61 Å². The predicted octanol–water partition coefficient (Wildman–Crippen LogP) is 1.33. The van der Waals surface area contributed by atoms with Gasteiger partial charge in [0.1, 0.15) is 5.82 Å². The molecule has 0 radical (unpaired) electrons. The van der Waals surface area contributed by atoms with Crippen molar-refractivity contribution in [3.63, 3.8) is 0 Å². The minimum atomic E-state index is -1.03. The third-order valence-electron chi connectivity index (χ3n) is 2.34. The Morgan fingerprint density at radius 1 is 1.60 bits per heavy atom. The summed E-state index contributed by atoms with van der Waals surface area (Å²) in [5.74, 6) is -0.555. The standard InChI is InChI=1S/C10H12N2O3/c1-6-11-7(9-3-2-4-15-9)5-8(12-6)10(13)14/h5,9H,2-4H2,1H3,(H,13,14)/t9-/m1/s1. The van der Waals surface area contributed by atoms with Crippen molar-refractivity contribution in [1.82, 2.24) is 9.97 Å². The quantitative estimate of drug-likeness (QED) is 0.793. The van der Waals surface area contributed by atoms with Gasteiger partial charge in [-0.1, -0.05) is 0 Å². The van der Waals surface area contributed by atoms with Crippen LogP contribution in [0.25, 0.3) is 0 Å². The van der Waals surface area contributed by atoms with E-state index in [4.69, 9.17) is 9.84 Å². The number of carboxylic acid groups (broad SMARTS) is 1. The molecular formula is C10H12N2O3. The minimum absolute atomic E-state index is 0.0352. The molecule has 5 heteroatoms. The predicted molar refractivity (Wildman–Crippen MR) is 51.7 cm³/mol. The van der Waals surface area contributed by atoms with Crippen molar-refractivity contribution >= 4 is 5.97 Å². The molecule has 5 nitrogen and oxygen atoms in total. The van der Waals surface area contributed by atoms with Gasteiger partial charge in [0.05, 0.1) is 11.8 Å². The first kappa shape index (κ1) is 10.0. The summed E-state index contributed by atoms with van der Waals surface area (Å²) in [7, 11) is 0. The van der Waals surface area contributed by atoms with Gasteiger partial charge in [-0.25, -0.2) is 14.8 Å². The second-order valence-electron chi connectivity index (χ2n) is 3.53. The van der Waals surface area contributed by atoms with E-state index in [0.29, 0.717) is 11.5 Å². The third-order valence-corrected chi connectivity index (χ3v) is 2.34. The normalized spacial score (nSPS) is 20.5. The summed E-state index contributed by atoms with van der Waals surface area (Å²) in [6, 6.07) is 1.49. The van der Waals surface area contributed by atoms with E-state index in [-0.39, 0.29) is 11.8 Å². The van der Waals surface area contributed by atoms with E-state index >= 15 is 0 Å². The fourth-order valence-electron chi connectivity index (χ4n) is 1.68. The lowest BCUT2D eigenvalue weighted by Gasteiger charge is -2.09. The molecule has 15 heavy (non-hydrogen) atoms. The highest BCUT2D eigenvalue weighted by Crippen LogP contribution is 2.27. The van der Waals surface area contributed by atoms with Crippen LogP contribution in [0.1, 0.15) is 41.0 Å². The molecule has 0 bridgehead atoms. The van der Waals surface area contributed by atoms with Crippen LogP contribution in [-0.2, 0) is 4.74 Å². The van der Waals surface area contributed by atoms with Gasteiger partial charge in [-0.15, -0.1) is 0 Å². The van der Waals surface area contributed by atoms with Gasteiger partial charge in [0, 0.05) is 6.61 Å². The van der Waals surface area contributed by atoms with Crippen molar-refractivity contribution in [2.24, 2.45) is 0 Å². The highest BCUT2D eigenvalue weighted by atomic mass is 16.5. The van der Waals surface area contributed by atoms with Crippen LogP contribution in [0.4, 0.5) is 0 Å². The minimum Gasteiger partial charge on any atom is -0.477 e. The average molecular weight is 208 g/mol. The van der Waals surface area contributed by atoms with Crippen LogP contribution in [0, 0.1) is 6.92 Å². The Kier molecular flexibility index (Phi) is 2.64. The van der Waals surface area contributed by atoms with Crippen molar-refractivity contribution in [2.45, 2.75) is 25.9 Å². The van der Waals surface area contributed by atoms with Crippen LogP contribution in [0.15, 0.2) is 6.07 Å². The van der Waals surface area contributed by atoms with Crippen LogP contribution < -0.4 is 0 Å². The number of rotatable bonds is 2. The third kappa shape index (κ3) is 2.12. The van der Waals surface area contributed by atoms with E-state index in [9.17, 15) is 4.79 Å². The van der Waals surface area contributed by atoms with E-state index in [2.05, 4.69) is 9.97 Å². The van der Waals surface area contributed by atoms with Crippen molar-refractivity contribution < 1.29 is 14.6 Å². The van der Waals surface area contributed by atoms with Gasteiger partial charge in [0.15, 0.2) is 5.69 Å². The summed E-state index contributed by atoms with van der Waals surface area (Å²) >= 11 is 0. The molecule has 1 N–H and O–H groups in total. The molecule has 0 saturated carbocycles. The van der Waals surface area contributed by atoms with Gasteiger partial charge in [0.2, 0.25) is 0 Å². The lowest BCUT2D eigenvalue weighted by atomic mass is 10.1. The molecule has 2 rings (SSSR count). The van der Waals surface area contributed by atoms with Crippen molar-refractivity contribution in [1.29, 1.82) is 0 Å². The molecular weight excluding hydrogens is 196 g/mol. The maximum absolute atomic E-state index is 10.8. The van der Waals surface area contributed by atoms with Gasteiger partial charge in [-0.2, -0.15) is 0 Å². The lowest BCUT2D eigenvalue weighted by molar-refractivity contribution is 0.0688. The summed E-state index contributed by atoms with van der Waals surface area (Å²) in [5.41, 5.74) is 0.713. The molecule has 0 spiro atoms. The molecule has 1 aliphatic heterocycles. The van der Waals surface area contributed by atoms with E-state index in [1.54, 1.807) is 6.92 Å². The number of nitrogens with zero attached hydrogens (tertiary/aromatic N) is 2. The zero-order valence-electron chi connectivity index (χ0n) is 8.43. The second-order valence-corrected chi connectivity index (χ2v) is 3.53. The Morgan fingerprint density at radius 2 is 2.40 bits per heavy atom. The Hall–Kier alpha value is -1.49. The lowest BCUT2D eigenvalue weighted by Crippen LogP contribution is -2.08. The Morgan fingerprint density at radius 3 is 3.00 bits per heavy atom. The summed E-state index contributed by atoms with van der Waals surface area (Å²) in [6.07, 6.45) is 1.83. The molecule has 1 aromatic heterocycles. The largest absolute Gasteiger partial charge is 0.477 e. The van der Waals surface area contributed by atoms with E-state index in [1.807, 2.05) is 0 Å². The number of hydrogen-bond acceptors (Lipinski definition) is 4. The summed E-state index contributed by atoms with van der Waals surface area (Å²) < 4.78 is 5.45. The van der Waals surface area contributed by atoms with Gasteiger partial charge < -0.3 is 9.84 Å². The second kappa shape index (κ2) is 3.94. The first-order valence-corrected chi connectivity index (χ1v) is 4.87. The Labute approximate surface area is 87.1 Å². The molecule has 0 aromatic carbocycles. The molecule has 0 amide bonds. The van der Waals surface area contributed by atoms with E-state index in [1.165, 1.54) is 6.07 Å². The number of aromatic carboxylic acids is 1. The molecule has 0 aliphatic carbocycles.